The van der Waals surface area contributed by atoms with Gasteiger partial charge in [-0.2, -0.15) is 5.26 Å². The van der Waals surface area contributed by atoms with Gasteiger partial charge < -0.3 is 14.4 Å². The number of nitrogens with zero attached hydrogens (tertiary/aromatic N) is 3. The third-order valence-corrected chi connectivity index (χ3v) is 3.52. The summed E-state index contributed by atoms with van der Waals surface area (Å²) in [6.45, 7) is 7.33. The van der Waals surface area contributed by atoms with E-state index in [1.807, 2.05) is 20.8 Å². The molecule has 2 heterocycles. The third kappa shape index (κ3) is 5.13. The van der Waals surface area contributed by atoms with Gasteiger partial charge in [-0.15, -0.1) is 0 Å². The molecular formula is C17H23N3O3. The van der Waals surface area contributed by atoms with Gasteiger partial charge in [0.25, 0.3) is 0 Å². The van der Waals surface area contributed by atoms with Crippen molar-refractivity contribution in [2.45, 2.75) is 39.2 Å². The van der Waals surface area contributed by atoms with E-state index in [2.05, 4.69) is 11.1 Å². The summed E-state index contributed by atoms with van der Waals surface area (Å²) in [7, 11) is 0. The summed E-state index contributed by atoms with van der Waals surface area (Å²) < 4.78 is 11.1. The highest BCUT2D eigenvalue weighted by Crippen LogP contribution is 2.21. The fraction of sp³-hybridized carbons (Fsp3) is 0.588. The summed E-state index contributed by atoms with van der Waals surface area (Å²) in [6, 6.07) is 5.45. The van der Waals surface area contributed by atoms with Crippen LogP contribution in [0.25, 0.3) is 0 Å². The van der Waals surface area contributed by atoms with Crippen molar-refractivity contribution in [3.8, 4) is 11.9 Å². The number of likely N-dealkylation sites (tertiary alicyclic amines) is 1. The molecule has 23 heavy (non-hydrogen) atoms. The molecule has 0 N–H and O–H groups in total. The van der Waals surface area contributed by atoms with Crippen LogP contribution in [0.15, 0.2) is 18.3 Å². The van der Waals surface area contributed by atoms with E-state index in [1.165, 1.54) is 0 Å². The SMILES string of the molecule is CC(C)(C)OC(=O)N1CCC[C@@H](COc2ncccc2C#N)C1. The second-order valence-electron chi connectivity index (χ2n) is 6.71. The van der Waals surface area contributed by atoms with Gasteiger partial charge in [-0.05, 0) is 45.7 Å². The smallest absolute Gasteiger partial charge is 0.410 e. The van der Waals surface area contributed by atoms with Gasteiger partial charge in [0, 0.05) is 25.2 Å². The molecule has 0 spiro atoms. The third-order valence-electron chi connectivity index (χ3n) is 3.52. The number of carbonyl (C=O) groups is 1. The van der Waals surface area contributed by atoms with Gasteiger partial charge >= 0.3 is 6.09 Å². The molecule has 6 heteroatoms. The Kier molecular flexibility index (Phi) is 5.43. The molecule has 2 rings (SSSR count). The summed E-state index contributed by atoms with van der Waals surface area (Å²) in [5.74, 6) is 0.564. The number of amides is 1. The molecule has 0 unspecified atom stereocenters. The molecule has 1 aromatic rings. The Morgan fingerprint density at radius 2 is 2.30 bits per heavy atom. The number of hydrogen-bond donors (Lipinski definition) is 0. The van der Waals surface area contributed by atoms with Gasteiger partial charge in [0.15, 0.2) is 0 Å². The molecule has 0 aromatic carbocycles. The Hall–Kier alpha value is -2.29. The normalized spacial score (nSPS) is 18.2. The number of hydrogen-bond acceptors (Lipinski definition) is 5. The minimum atomic E-state index is -0.490. The zero-order valence-electron chi connectivity index (χ0n) is 13.9. The zero-order valence-corrected chi connectivity index (χ0v) is 13.9. The van der Waals surface area contributed by atoms with E-state index in [-0.39, 0.29) is 12.0 Å². The van der Waals surface area contributed by atoms with E-state index in [0.29, 0.717) is 31.1 Å². The summed E-state index contributed by atoms with van der Waals surface area (Å²) in [5, 5.41) is 9.04. The van der Waals surface area contributed by atoms with Crippen LogP contribution >= 0.6 is 0 Å². The maximum Gasteiger partial charge on any atom is 0.410 e. The van der Waals surface area contributed by atoms with Gasteiger partial charge in [0.05, 0.1) is 6.61 Å². The predicted octanol–water partition coefficient (Wildman–Crippen LogP) is 2.98. The molecular weight excluding hydrogens is 294 g/mol. The summed E-state index contributed by atoms with van der Waals surface area (Å²) in [4.78, 5) is 18.0. The molecule has 1 aliphatic rings. The number of carbonyl (C=O) groups excluding carboxylic acids is 1. The lowest BCUT2D eigenvalue weighted by molar-refractivity contribution is 0.0138. The van der Waals surface area contributed by atoms with Crippen LogP contribution in [-0.2, 0) is 4.74 Å². The summed E-state index contributed by atoms with van der Waals surface area (Å²) in [6.07, 6.45) is 3.22. The van der Waals surface area contributed by atoms with Gasteiger partial charge in [-0.1, -0.05) is 0 Å². The van der Waals surface area contributed by atoms with Crippen molar-refractivity contribution in [1.29, 1.82) is 5.26 Å². The topological polar surface area (TPSA) is 75.4 Å². The van der Waals surface area contributed by atoms with Crippen molar-refractivity contribution < 1.29 is 14.3 Å². The van der Waals surface area contributed by atoms with Crippen LogP contribution in [0.1, 0.15) is 39.2 Å². The number of piperidine rings is 1. The van der Waals surface area contributed by atoms with Crippen LogP contribution in [0.5, 0.6) is 5.88 Å². The molecule has 6 nitrogen and oxygen atoms in total. The van der Waals surface area contributed by atoms with E-state index in [1.54, 1.807) is 23.2 Å². The predicted molar refractivity (Wildman–Crippen MR) is 85.0 cm³/mol. The lowest BCUT2D eigenvalue weighted by Crippen LogP contribution is -2.44. The van der Waals surface area contributed by atoms with Crippen LogP contribution in [-0.4, -0.2) is 41.3 Å². The standard InChI is InChI=1S/C17H23N3O3/c1-17(2,3)23-16(21)20-9-5-6-13(11-20)12-22-15-14(10-18)7-4-8-19-15/h4,7-8,13H,5-6,9,11-12H2,1-3H3/t13-/m1/s1. The maximum atomic E-state index is 12.1. The van der Waals surface area contributed by atoms with Crippen molar-refractivity contribution in [3.63, 3.8) is 0 Å². The Bertz CT molecular complexity index is 589. The lowest BCUT2D eigenvalue weighted by atomic mass is 9.99. The zero-order chi connectivity index (χ0) is 16.9. The largest absolute Gasteiger partial charge is 0.476 e. The first-order valence-electron chi connectivity index (χ1n) is 7.85. The minimum Gasteiger partial charge on any atom is -0.476 e. The second kappa shape index (κ2) is 7.32. The van der Waals surface area contributed by atoms with E-state index in [0.717, 1.165) is 12.8 Å². The molecule has 124 valence electrons. The molecule has 1 aliphatic heterocycles. The van der Waals surface area contributed by atoms with Crippen molar-refractivity contribution >= 4 is 6.09 Å². The fourth-order valence-corrected chi connectivity index (χ4v) is 2.48. The number of rotatable bonds is 3. The average molecular weight is 317 g/mol. The van der Waals surface area contributed by atoms with Crippen molar-refractivity contribution in [1.82, 2.24) is 9.88 Å². The lowest BCUT2D eigenvalue weighted by Gasteiger charge is -2.33. The highest BCUT2D eigenvalue weighted by molar-refractivity contribution is 5.68. The van der Waals surface area contributed by atoms with Crippen LogP contribution in [0.4, 0.5) is 4.79 Å². The number of aromatic nitrogens is 1. The summed E-state index contributed by atoms with van der Waals surface area (Å²) in [5.41, 5.74) is -0.0665. The van der Waals surface area contributed by atoms with E-state index in [9.17, 15) is 4.79 Å². The van der Waals surface area contributed by atoms with Crippen molar-refractivity contribution in [2.75, 3.05) is 19.7 Å². The van der Waals surface area contributed by atoms with Crippen molar-refractivity contribution in [3.05, 3.63) is 23.9 Å². The molecule has 1 atom stereocenters. The highest BCUT2D eigenvalue weighted by atomic mass is 16.6. The van der Waals surface area contributed by atoms with Gasteiger partial charge in [-0.25, -0.2) is 9.78 Å². The number of nitriles is 1. The quantitative estimate of drug-likeness (QED) is 0.856. The van der Waals surface area contributed by atoms with E-state index < -0.39 is 5.60 Å². The first-order valence-corrected chi connectivity index (χ1v) is 7.85. The molecule has 1 saturated heterocycles. The number of ether oxygens (including phenoxy) is 2. The van der Waals surface area contributed by atoms with Gasteiger partial charge in [0.2, 0.25) is 5.88 Å². The summed E-state index contributed by atoms with van der Waals surface area (Å²) >= 11 is 0. The van der Waals surface area contributed by atoms with E-state index in [4.69, 9.17) is 14.7 Å². The molecule has 1 fully saturated rings. The van der Waals surface area contributed by atoms with Gasteiger partial charge in [0.1, 0.15) is 17.2 Å². The van der Waals surface area contributed by atoms with Crippen LogP contribution in [0, 0.1) is 17.2 Å². The highest BCUT2D eigenvalue weighted by Gasteiger charge is 2.28. The van der Waals surface area contributed by atoms with E-state index >= 15 is 0 Å². The molecule has 0 bridgehead atoms. The van der Waals surface area contributed by atoms with Crippen LogP contribution in [0.3, 0.4) is 0 Å². The Labute approximate surface area is 137 Å². The van der Waals surface area contributed by atoms with Gasteiger partial charge in [-0.3, -0.25) is 0 Å². The van der Waals surface area contributed by atoms with Crippen LogP contribution in [0.2, 0.25) is 0 Å². The monoisotopic (exact) mass is 317 g/mol. The Morgan fingerprint density at radius 3 is 3.00 bits per heavy atom. The maximum absolute atomic E-state index is 12.1. The molecule has 1 amide bonds. The molecule has 0 aliphatic carbocycles. The number of pyridine rings is 1. The Balaban J connectivity index is 1.89. The first-order chi connectivity index (χ1) is 10.9. The average Bonchev–Trinajstić information content (AvgIpc) is 2.52. The molecule has 0 radical (unpaired) electrons. The first kappa shape index (κ1) is 17.1. The van der Waals surface area contributed by atoms with Crippen LogP contribution < -0.4 is 4.74 Å². The second-order valence-corrected chi connectivity index (χ2v) is 6.71. The fourth-order valence-electron chi connectivity index (χ4n) is 2.48. The minimum absolute atomic E-state index is 0.213. The molecule has 1 aromatic heterocycles. The van der Waals surface area contributed by atoms with Crippen molar-refractivity contribution in [2.24, 2.45) is 5.92 Å². The Morgan fingerprint density at radius 1 is 1.52 bits per heavy atom. The molecule has 0 saturated carbocycles.